The second-order valence-electron chi connectivity index (χ2n) is 9.24. The third-order valence-electron chi connectivity index (χ3n) is 6.27. The maximum atomic E-state index is 13.9. The number of para-hydroxylation sites is 2. The number of anilines is 1. The first-order chi connectivity index (χ1) is 21.0. The zero-order valence-corrected chi connectivity index (χ0v) is 24.3. The van der Waals surface area contributed by atoms with Crippen LogP contribution in [0, 0.1) is 5.82 Å². The fourth-order valence-corrected chi connectivity index (χ4v) is 4.79. The molecule has 0 saturated carbocycles. The van der Waals surface area contributed by atoms with Crippen LogP contribution in [0.25, 0.3) is 22.3 Å². The number of carbonyl (C=O) groups excluding carboxylic acids is 1. The van der Waals surface area contributed by atoms with Crippen LogP contribution in [0.2, 0.25) is 0 Å². The number of halogens is 5. The molecule has 5 rings (SSSR count). The zero-order valence-electron chi connectivity index (χ0n) is 22.7. The highest BCUT2D eigenvalue weighted by Crippen LogP contribution is 2.36. The molecule has 0 spiro atoms. The number of hydrogen-bond donors (Lipinski definition) is 1. The van der Waals surface area contributed by atoms with Crippen molar-refractivity contribution in [3.63, 3.8) is 0 Å². The normalized spacial score (nSPS) is 11.6. The predicted molar refractivity (Wildman–Crippen MR) is 161 cm³/mol. The van der Waals surface area contributed by atoms with Gasteiger partial charge >= 0.3 is 6.18 Å². The summed E-state index contributed by atoms with van der Waals surface area (Å²) in [4.78, 5) is 30.2. The van der Waals surface area contributed by atoms with Crippen molar-refractivity contribution in [2.75, 3.05) is 19.0 Å². The van der Waals surface area contributed by atoms with Crippen molar-refractivity contribution >= 4 is 44.6 Å². The molecule has 1 N–H and O–H groups in total. The lowest BCUT2D eigenvalue weighted by atomic mass is 10.1. The van der Waals surface area contributed by atoms with Gasteiger partial charge in [-0.2, -0.15) is 22.9 Å². The minimum atomic E-state index is -4.60. The molecule has 4 aromatic carbocycles. The van der Waals surface area contributed by atoms with Gasteiger partial charge in [-0.25, -0.2) is 9.37 Å². The third kappa shape index (κ3) is 6.62. The van der Waals surface area contributed by atoms with E-state index in [0.717, 1.165) is 16.8 Å². The summed E-state index contributed by atoms with van der Waals surface area (Å²) in [7, 11) is 1.37. The van der Waals surface area contributed by atoms with Crippen molar-refractivity contribution in [1.29, 1.82) is 0 Å². The Morgan fingerprint density at radius 2 is 1.80 bits per heavy atom. The quantitative estimate of drug-likeness (QED) is 0.144. The number of alkyl halides is 3. The molecule has 0 fully saturated rings. The number of nitrogens with zero attached hydrogens (tertiary/aromatic N) is 3. The Morgan fingerprint density at radius 1 is 1.05 bits per heavy atom. The van der Waals surface area contributed by atoms with Gasteiger partial charge in [-0.15, -0.1) is 0 Å². The van der Waals surface area contributed by atoms with Gasteiger partial charge in [0.2, 0.25) is 0 Å². The maximum Gasteiger partial charge on any atom is 0.416 e. The van der Waals surface area contributed by atoms with Crippen LogP contribution in [0.4, 0.5) is 23.2 Å². The van der Waals surface area contributed by atoms with Gasteiger partial charge < -0.3 is 14.8 Å². The molecule has 224 valence electrons. The van der Waals surface area contributed by atoms with Crippen LogP contribution in [-0.2, 0) is 11.0 Å². The number of hydrogen-bond acceptors (Lipinski definition) is 6. The summed E-state index contributed by atoms with van der Waals surface area (Å²) in [6.45, 7) is -0.463. The number of fused-ring (bicyclic) bond motifs is 1. The van der Waals surface area contributed by atoms with Crippen LogP contribution in [0.15, 0.2) is 99.3 Å². The first-order valence-electron chi connectivity index (χ1n) is 12.8. The number of aromatic nitrogens is 2. The molecule has 44 heavy (non-hydrogen) atoms. The van der Waals surface area contributed by atoms with Crippen LogP contribution in [0.5, 0.6) is 11.5 Å². The molecule has 0 unspecified atom stereocenters. The van der Waals surface area contributed by atoms with Gasteiger partial charge in [0.15, 0.2) is 23.9 Å². The van der Waals surface area contributed by atoms with Gasteiger partial charge in [-0.05, 0) is 70.0 Å². The summed E-state index contributed by atoms with van der Waals surface area (Å²) in [5, 5.41) is 6.93. The summed E-state index contributed by atoms with van der Waals surface area (Å²) in [6, 6.07) is 19.7. The number of ether oxygens (including phenoxy) is 2. The molecule has 0 saturated heterocycles. The monoisotopic (exact) mass is 668 g/mol. The summed E-state index contributed by atoms with van der Waals surface area (Å²) in [5.74, 6) is -0.938. The van der Waals surface area contributed by atoms with Crippen molar-refractivity contribution in [3.8, 4) is 22.9 Å². The number of methoxy groups -OCH3 is 1. The summed E-state index contributed by atoms with van der Waals surface area (Å²) in [5.41, 5.74) is -0.753. The molecular weight excluding hydrogens is 648 g/mol. The van der Waals surface area contributed by atoms with Gasteiger partial charge in [0.05, 0.1) is 40.0 Å². The van der Waals surface area contributed by atoms with E-state index in [4.69, 9.17) is 9.47 Å². The summed E-state index contributed by atoms with van der Waals surface area (Å²) < 4.78 is 66.6. The largest absolute Gasteiger partial charge is 0.493 e. The molecule has 0 atom stereocenters. The van der Waals surface area contributed by atoms with E-state index in [1.54, 1.807) is 36.4 Å². The number of carbonyl (C=O) groups is 1. The Labute approximate surface area is 255 Å². The Balaban J connectivity index is 1.47. The van der Waals surface area contributed by atoms with Crippen molar-refractivity contribution < 1.29 is 31.8 Å². The van der Waals surface area contributed by atoms with E-state index < -0.39 is 35.6 Å². The van der Waals surface area contributed by atoms with Gasteiger partial charge in [0, 0.05) is 5.56 Å². The van der Waals surface area contributed by atoms with Crippen LogP contribution in [-0.4, -0.2) is 35.5 Å². The zero-order chi connectivity index (χ0) is 31.4. The van der Waals surface area contributed by atoms with Gasteiger partial charge in [0.1, 0.15) is 5.82 Å². The van der Waals surface area contributed by atoms with E-state index in [2.05, 4.69) is 31.3 Å². The molecule has 1 heterocycles. The van der Waals surface area contributed by atoms with Crippen molar-refractivity contribution in [1.82, 2.24) is 9.66 Å². The van der Waals surface area contributed by atoms with Gasteiger partial charge in [-0.1, -0.05) is 36.4 Å². The first kappa shape index (κ1) is 30.4. The number of rotatable bonds is 8. The molecule has 0 aliphatic carbocycles. The van der Waals surface area contributed by atoms with Crippen molar-refractivity contribution in [2.45, 2.75) is 6.18 Å². The molecule has 8 nitrogen and oxygen atoms in total. The second kappa shape index (κ2) is 12.7. The summed E-state index contributed by atoms with van der Waals surface area (Å²) in [6.07, 6.45) is -3.30. The average molecular weight is 669 g/mol. The molecule has 1 amide bonds. The fraction of sp³-hybridized carbons (Fsp3) is 0.0968. The van der Waals surface area contributed by atoms with Crippen LogP contribution >= 0.6 is 15.9 Å². The maximum absolute atomic E-state index is 13.9. The minimum Gasteiger partial charge on any atom is -0.493 e. The lowest BCUT2D eigenvalue weighted by molar-refractivity contribution is -0.137. The van der Waals surface area contributed by atoms with E-state index in [1.807, 2.05) is 0 Å². The second-order valence-corrected chi connectivity index (χ2v) is 10.1. The van der Waals surface area contributed by atoms with E-state index >= 15 is 0 Å². The highest BCUT2D eigenvalue weighted by molar-refractivity contribution is 9.10. The highest BCUT2D eigenvalue weighted by atomic mass is 79.9. The van der Waals surface area contributed by atoms with Crippen molar-refractivity contribution in [2.24, 2.45) is 5.10 Å². The van der Waals surface area contributed by atoms with Crippen molar-refractivity contribution in [3.05, 3.63) is 117 Å². The highest BCUT2D eigenvalue weighted by Gasteiger charge is 2.31. The van der Waals surface area contributed by atoms with E-state index in [1.165, 1.54) is 49.7 Å². The lowest BCUT2D eigenvalue weighted by Gasteiger charge is -2.14. The van der Waals surface area contributed by atoms with Crippen LogP contribution in [0.1, 0.15) is 11.1 Å². The smallest absolute Gasteiger partial charge is 0.416 e. The lowest BCUT2D eigenvalue weighted by Crippen LogP contribution is -2.21. The Hall–Kier alpha value is -5.04. The Morgan fingerprint density at radius 3 is 2.55 bits per heavy atom. The summed E-state index contributed by atoms with van der Waals surface area (Å²) >= 11 is 3.37. The van der Waals surface area contributed by atoms with E-state index in [9.17, 15) is 27.2 Å². The number of amides is 1. The molecule has 0 bridgehead atoms. The molecule has 13 heteroatoms. The molecule has 1 aromatic heterocycles. The van der Waals surface area contributed by atoms with Gasteiger partial charge in [-0.3, -0.25) is 9.59 Å². The Kier molecular flexibility index (Phi) is 8.76. The van der Waals surface area contributed by atoms with Gasteiger partial charge in [0.25, 0.3) is 11.5 Å². The standard InChI is InChI=1S/C31H21BrF4N4O4/c1-43-26-14-18(13-22(32)28(26)44-17-27(41)38-25-12-5-3-10-23(25)33)16-37-40-29(19-7-6-8-20(15-19)31(34,35)36)39-24-11-4-2-9-21(24)30(40)42/h2-16H,17H2,1H3,(H,38,41). The molecule has 5 aromatic rings. The third-order valence-corrected chi connectivity index (χ3v) is 6.86. The topological polar surface area (TPSA) is 94.8 Å². The molecular formula is C31H21BrF4N4O4. The number of nitrogens with one attached hydrogen (secondary N) is 1. The van der Waals surface area contributed by atoms with Crippen LogP contribution < -0.4 is 20.3 Å². The predicted octanol–water partition coefficient (Wildman–Crippen LogP) is 6.89. The molecule has 0 aliphatic heterocycles. The average Bonchev–Trinajstić information content (AvgIpc) is 3.00. The SMILES string of the molecule is COc1cc(C=Nn2c(-c3cccc(C(F)(F)F)c3)nc3ccccc3c2=O)cc(Br)c1OCC(=O)Nc1ccccc1F. The van der Waals surface area contributed by atoms with Crippen LogP contribution in [0.3, 0.4) is 0 Å². The molecule has 0 radical (unpaired) electrons. The minimum absolute atomic E-state index is 0.00150. The first-order valence-corrected chi connectivity index (χ1v) is 13.6. The fourth-order valence-electron chi connectivity index (χ4n) is 4.22. The molecule has 0 aliphatic rings. The van der Waals surface area contributed by atoms with E-state index in [0.29, 0.717) is 15.6 Å². The Bertz CT molecular complexity index is 1960. The van der Waals surface area contributed by atoms with E-state index in [-0.39, 0.29) is 34.0 Å². The number of benzene rings is 4.